The van der Waals surface area contributed by atoms with Gasteiger partial charge in [0.25, 0.3) is 0 Å². The second-order valence-corrected chi connectivity index (χ2v) is 6.62. The van der Waals surface area contributed by atoms with Crippen LogP contribution in [0.15, 0.2) is 41.7 Å². The molecule has 0 atom stereocenters. The van der Waals surface area contributed by atoms with Gasteiger partial charge in [0.1, 0.15) is 16.6 Å². The summed E-state index contributed by atoms with van der Waals surface area (Å²) in [5.41, 5.74) is 2.41. The minimum Gasteiger partial charge on any atom is -0.491 e. The van der Waals surface area contributed by atoms with Gasteiger partial charge in [0.15, 0.2) is 5.82 Å². The lowest BCUT2D eigenvalue weighted by atomic mass is 10.2. The Morgan fingerprint density at radius 3 is 2.88 bits per heavy atom. The summed E-state index contributed by atoms with van der Waals surface area (Å²) in [5.74, 6) is 2.76. The largest absolute Gasteiger partial charge is 0.491 e. The van der Waals surface area contributed by atoms with E-state index in [1.165, 1.54) is 11.8 Å². The van der Waals surface area contributed by atoms with Gasteiger partial charge in [0.05, 0.1) is 19.4 Å². The van der Waals surface area contributed by atoms with Gasteiger partial charge in [-0.25, -0.2) is 9.83 Å². The van der Waals surface area contributed by atoms with Crippen LogP contribution in [0.5, 0.6) is 5.75 Å². The maximum Gasteiger partial charge on any atom is 0.221 e. The molecule has 0 saturated heterocycles. The molecule has 0 aliphatic heterocycles. The zero-order valence-corrected chi connectivity index (χ0v) is 15.3. The number of pyridine rings is 2. The van der Waals surface area contributed by atoms with Gasteiger partial charge in [-0.05, 0) is 37.6 Å². The zero-order valence-electron chi connectivity index (χ0n) is 14.5. The number of aryl methyl sites for hydroxylation is 2. The molecule has 0 unspecified atom stereocenters. The summed E-state index contributed by atoms with van der Waals surface area (Å²) >= 11 is 1.50. The van der Waals surface area contributed by atoms with Crippen LogP contribution < -0.4 is 10.1 Å². The molecule has 0 radical (unpaired) electrons. The fourth-order valence-electron chi connectivity index (χ4n) is 2.28. The van der Waals surface area contributed by atoms with Crippen LogP contribution >= 0.6 is 11.8 Å². The van der Waals surface area contributed by atoms with Crippen LogP contribution in [0.25, 0.3) is 4.85 Å². The number of rotatable bonds is 7. The number of hydrogen-bond donors (Lipinski definition) is 2. The molecule has 3 heterocycles. The highest BCUT2D eigenvalue weighted by Crippen LogP contribution is 2.33. The molecule has 0 aromatic carbocycles. The van der Waals surface area contributed by atoms with Crippen molar-refractivity contribution in [3.63, 3.8) is 0 Å². The number of aromatic nitrogens is 4. The van der Waals surface area contributed by atoms with Crippen molar-refractivity contribution in [1.82, 2.24) is 20.2 Å². The lowest BCUT2D eigenvalue weighted by Gasteiger charge is -2.10. The summed E-state index contributed by atoms with van der Waals surface area (Å²) < 4.78 is 5.64. The molecule has 26 heavy (non-hydrogen) atoms. The Balaban J connectivity index is 1.67. The quantitative estimate of drug-likeness (QED) is 0.369. The number of anilines is 2. The van der Waals surface area contributed by atoms with Crippen molar-refractivity contribution in [2.45, 2.75) is 18.9 Å². The highest BCUT2D eigenvalue weighted by molar-refractivity contribution is 7.99. The van der Waals surface area contributed by atoms with E-state index in [0.717, 1.165) is 17.0 Å². The fourth-order valence-corrected chi connectivity index (χ4v) is 3.15. The van der Waals surface area contributed by atoms with E-state index in [-0.39, 0.29) is 0 Å². The van der Waals surface area contributed by atoms with Gasteiger partial charge >= 0.3 is 0 Å². The molecule has 3 aromatic rings. The summed E-state index contributed by atoms with van der Waals surface area (Å²) in [6.07, 6.45) is 3.38. The smallest absolute Gasteiger partial charge is 0.221 e. The summed E-state index contributed by atoms with van der Waals surface area (Å²) in [5, 5.41) is 10.9. The van der Waals surface area contributed by atoms with Crippen LogP contribution in [-0.4, -0.2) is 32.5 Å². The van der Waals surface area contributed by atoms with E-state index in [1.54, 1.807) is 12.4 Å². The molecule has 3 aromatic heterocycles. The normalized spacial score (nSPS) is 10.3. The third kappa shape index (κ3) is 4.52. The summed E-state index contributed by atoms with van der Waals surface area (Å²) in [7, 11) is 0. The van der Waals surface area contributed by atoms with Crippen LogP contribution in [-0.2, 0) is 0 Å². The summed E-state index contributed by atoms with van der Waals surface area (Å²) in [6.45, 7) is 11.8. The molecule has 3 rings (SSSR count). The van der Waals surface area contributed by atoms with Crippen molar-refractivity contribution in [2.75, 3.05) is 17.7 Å². The summed E-state index contributed by atoms with van der Waals surface area (Å²) in [6, 6.07) is 7.44. The van der Waals surface area contributed by atoms with E-state index < -0.39 is 0 Å². The van der Waals surface area contributed by atoms with E-state index >= 15 is 0 Å². The van der Waals surface area contributed by atoms with E-state index in [0.29, 0.717) is 34.7 Å². The molecule has 0 fully saturated rings. The van der Waals surface area contributed by atoms with Crippen LogP contribution in [0.1, 0.15) is 11.3 Å². The topological polar surface area (TPSA) is 80.1 Å². The van der Waals surface area contributed by atoms with Crippen molar-refractivity contribution in [3.8, 4) is 5.75 Å². The van der Waals surface area contributed by atoms with Crippen LogP contribution in [0.3, 0.4) is 0 Å². The van der Waals surface area contributed by atoms with Crippen LogP contribution in [0, 0.1) is 20.4 Å². The standard InChI is InChI=1S/C18H18N6OS/c1-12-9-15(21-16-10-13(2)23-24-16)22-18(17(12)19-3)26-8-7-25-14-5-4-6-20-11-14/h4-6,9-11H,7-8H2,1-2H3,(H2,21,22,23,24). The lowest BCUT2D eigenvalue weighted by Crippen LogP contribution is -2.02. The predicted molar refractivity (Wildman–Crippen MR) is 102 cm³/mol. The number of H-pyrrole nitrogens is 1. The van der Waals surface area contributed by atoms with Crippen molar-refractivity contribution in [2.24, 2.45) is 0 Å². The maximum atomic E-state index is 7.43. The van der Waals surface area contributed by atoms with Gasteiger partial charge in [-0.2, -0.15) is 5.10 Å². The molecule has 0 saturated carbocycles. The zero-order chi connectivity index (χ0) is 18.4. The molecule has 0 aliphatic carbocycles. The molecular weight excluding hydrogens is 348 g/mol. The first-order valence-electron chi connectivity index (χ1n) is 7.99. The third-order valence-corrected chi connectivity index (χ3v) is 4.38. The van der Waals surface area contributed by atoms with E-state index in [4.69, 9.17) is 11.3 Å². The lowest BCUT2D eigenvalue weighted by molar-refractivity contribution is 0.342. The Kier molecular flexibility index (Phi) is 5.71. The second-order valence-electron chi connectivity index (χ2n) is 5.54. The van der Waals surface area contributed by atoms with Crippen molar-refractivity contribution in [3.05, 3.63) is 59.3 Å². The highest BCUT2D eigenvalue weighted by Gasteiger charge is 2.12. The minimum atomic E-state index is 0.505. The maximum absolute atomic E-state index is 7.43. The Morgan fingerprint density at radius 2 is 2.19 bits per heavy atom. The van der Waals surface area contributed by atoms with E-state index in [1.807, 2.05) is 38.1 Å². The molecule has 132 valence electrons. The first kappa shape index (κ1) is 17.8. The Labute approximate surface area is 156 Å². The molecule has 0 aliphatic rings. The highest BCUT2D eigenvalue weighted by atomic mass is 32.2. The van der Waals surface area contributed by atoms with Gasteiger partial charge in [-0.15, -0.1) is 11.8 Å². The molecule has 0 bridgehead atoms. The number of aromatic amines is 1. The minimum absolute atomic E-state index is 0.505. The molecular formula is C18H18N6OS. The van der Waals surface area contributed by atoms with Crippen molar-refractivity contribution < 1.29 is 4.74 Å². The first-order chi connectivity index (χ1) is 12.7. The molecule has 0 spiro atoms. The SMILES string of the molecule is [C-]#[N+]c1c(C)cc(Nc2cc(C)[nH]n2)nc1SCCOc1cccnc1. The van der Waals surface area contributed by atoms with Crippen molar-refractivity contribution in [1.29, 1.82) is 0 Å². The molecule has 8 heteroatoms. The number of hydrogen-bond acceptors (Lipinski definition) is 6. The Bertz CT molecular complexity index is 919. The number of thioether (sulfide) groups is 1. The average molecular weight is 366 g/mol. The second kappa shape index (κ2) is 8.36. The third-order valence-electron chi connectivity index (χ3n) is 3.45. The van der Waals surface area contributed by atoms with Crippen molar-refractivity contribution >= 4 is 29.1 Å². The molecule has 7 nitrogen and oxygen atoms in total. The van der Waals surface area contributed by atoms with Gasteiger partial charge in [-0.3, -0.25) is 10.1 Å². The summed E-state index contributed by atoms with van der Waals surface area (Å²) in [4.78, 5) is 12.2. The number of ether oxygens (including phenoxy) is 1. The number of nitrogens with zero attached hydrogens (tertiary/aromatic N) is 4. The van der Waals surface area contributed by atoms with E-state index in [2.05, 4.69) is 30.3 Å². The Hall–Kier alpha value is -3.05. The predicted octanol–water partition coefficient (Wildman–Crippen LogP) is 4.28. The van der Waals surface area contributed by atoms with Gasteiger partial charge in [-0.1, -0.05) is 0 Å². The van der Waals surface area contributed by atoms with Gasteiger partial charge < -0.3 is 10.1 Å². The van der Waals surface area contributed by atoms with Crippen LogP contribution in [0.2, 0.25) is 0 Å². The first-order valence-corrected chi connectivity index (χ1v) is 8.98. The molecule has 0 amide bonds. The fraction of sp³-hybridized carbons (Fsp3) is 0.222. The van der Waals surface area contributed by atoms with Crippen LogP contribution in [0.4, 0.5) is 17.3 Å². The van der Waals surface area contributed by atoms with Gasteiger partial charge in [0.2, 0.25) is 5.69 Å². The number of nitrogens with one attached hydrogen (secondary N) is 2. The molecule has 2 N–H and O–H groups in total. The monoisotopic (exact) mass is 366 g/mol. The van der Waals surface area contributed by atoms with E-state index in [9.17, 15) is 0 Å². The van der Waals surface area contributed by atoms with Gasteiger partial charge in [0, 0.05) is 23.7 Å². The average Bonchev–Trinajstić information content (AvgIpc) is 3.04. The Morgan fingerprint density at radius 1 is 1.31 bits per heavy atom.